The maximum absolute atomic E-state index is 4.18. The van der Waals surface area contributed by atoms with Gasteiger partial charge in [0, 0.05) is 6.42 Å². The van der Waals surface area contributed by atoms with Gasteiger partial charge >= 0.3 is 0 Å². The summed E-state index contributed by atoms with van der Waals surface area (Å²) in [5.41, 5.74) is 4.65. The second-order valence-electron chi connectivity index (χ2n) is 4.64. The van der Waals surface area contributed by atoms with Crippen LogP contribution in [0.1, 0.15) is 16.8 Å². The van der Waals surface area contributed by atoms with Crippen LogP contribution >= 0.6 is 0 Å². The van der Waals surface area contributed by atoms with Crippen molar-refractivity contribution in [3.63, 3.8) is 0 Å². The molecule has 0 fully saturated rings. The van der Waals surface area contributed by atoms with Gasteiger partial charge in [-0.1, -0.05) is 53.2 Å². The Hall–Kier alpha value is -2.42. The second-order valence-corrected chi connectivity index (χ2v) is 4.64. The molecule has 0 amide bonds. The summed E-state index contributed by atoms with van der Waals surface area (Å²) in [4.78, 5) is 0. The second kappa shape index (κ2) is 5.06. The Labute approximate surface area is 112 Å². The van der Waals surface area contributed by atoms with Crippen molar-refractivity contribution in [3.05, 3.63) is 77.6 Å². The molecule has 3 rings (SSSR count). The van der Waals surface area contributed by atoms with Crippen LogP contribution in [0.3, 0.4) is 0 Å². The largest absolute Gasteiger partial charge is 0.217 e. The van der Waals surface area contributed by atoms with E-state index in [1.807, 2.05) is 16.9 Å². The van der Waals surface area contributed by atoms with Gasteiger partial charge in [0.05, 0.1) is 17.6 Å². The summed E-state index contributed by atoms with van der Waals surface area (Å²) in [7, 11) is 0. The van der Waals surface area contributed by atoms with Crippen molar-refractivity contribution in [2.45, 2.75) is 13.3 Å². The first-order valence-electron chi connectivity index (χ1n) is 6.33. The Morgan fingerprint density at radius 1 is 0.947 bits per heavy atom. The molecule has 3 heteroatoms. The zero-order valence-corrected chi connectivity index (χ0v) is 10.8. The Balaban J connectivity index is 1.92. The third kappa shape index (κ3) is 2.55. The molecule has 0 N–H and O–H groups in total. The van der Waals surface area contributed by atoms with Gasteiger partial charge in [-0.05, 0) is 24.6 Å². The minimum absolute atomic E-state index is 0.835. The molecule has 3 nitrogen and oxygen atoms in total. The van der Waals surface area contributed by atoms with Gasteiger partial charge < -0.3 is 0 Å². The number of aromatic nitrogens is 3. The van der Waals surface area contributed by atoms with E-state index >= 15 is 0 Å². The summed E-state index contributed by atoms with van der Waals surface area (Å²) in [6.45, 7) is 2.08. The molecule has 0 bridgehead atoms. The summed E-state index contributed by atoms with van der Waals surface area (Å²) in [6.07, 6.45) is 2.66. The Kier molecular flexibility index (Phi) is 3.11. The van der Waals surface area contributed by atoms with Gasteiger partial charge in [0.1, 0.15) is 0 Å². The number of nitrogens with zero attached hydrogens (tertiary/aromatic N) is 3. The Morgan fingerprint density at radius 2 is 1.68 bits per heavy atom. The first kappa shape index (κ1) is 11.7. The molecule has 1 aromatic heterocycles. The maximum atomic E-state index is 4.18. The van der Waals surface area contributed by atoms with E-state index < -0.39 is 0 Å². The molecule has 0 saturated heterocycles. The van der Waals surface area contributed by atoms with Crippen LogP contribution < -0.4 is 0 Å². The molecule has 3 aromatic rings. The lowest BCUT2D eigenvalue weighted by Gasteiger charge is -2.06. The van der Waals surface area contributed by atoms with Gasteiger partial charge in [-0.2, -0.15) is 0 Å². The average molecular weight is 249 g/mol. The molecule has 0 unspecified atom stereocenters. The summed E-state index contributed by atoms with van der Waals surface area (Å²) >= 11 is 0. The fraction of sp³-hybridized carbons (Fsp3) is 0.125. The van der Waals surface area contributed by atoms with E-state index in [2.05, 4.69) is 65.8 Å². The van der Waals surface area contributed by atoms with Crippen molar-refractivity contribution in [2.75, 3.05) is 0 Å². The number of hydrogen-bond donors (Lipinski definition) is 0. The van der Waals surface area contributed by atoms with E-state index in [9.17, 15) is 0 Å². The Bertz CT molecular complexity index is 654. The van der Waals surface area contributed by atoms with E-state index in [1.165, 1.54) is 11.1 Å². The van der Waals surface area contributed by atoms with Gasteiger partial charge in [0.25, 0.3) is 0 Å². The minimum atomic E-state index is 0.835. The minimum Gasteiger partial charge on any atom is -0.217 e. The molecular weight excluding hydrogens is 234 g/mol. The lowest BCUT2D eigenvalue weighted by molar-refractivity contribution is 0.772. The molecule has 0 spiro atoms. The van der Waals surface area contributed by atoms with E-state index in [4.69, 9.17) is 0 Å². The summed E-state index contributed by atoms with van der Waals surface area (Å²) < 4.78 is 1.90. The standard InChI is InChI=1S/C16H15N3/c1-13-7-9-15(10-8-13)19-16(12-17-18-19)11-14-5-3-2-4-6-14/h2-10,12H,11H2,1H3. The highest BCUT2D eigenvalue weighted by molar-refractivity contribution is 5.35. The molecule has 2 aromatic carbocycles. The van der Waals surface area contributed by atoms with Crippen molar-refractivity contribution in [3.8, 4) is 5.69 Å². The van der Waals surface area contributed by atoms with Crippen LogP contribution in [0.5, 0.6) is 0 Å². The molecule has 0 aliphatic rings. The Morgan fingerprint density at radius 3 is 2.42 bits per heavy atom. The van der Waals surface area contributed by atoms with Gasteiger partial charge in [-0.25, -0.2) is 4.68 Å². The van der Waals surface area contributed by atoms with Gasteiger partial charge in [0.15, 0.2) is 0 Å². The predicted molar refractivity (Wildman–Crippen MR) is 75.3 cm³/mol. The van der Waals surface area contributed by atoms with Crippen LogP contribution in [-0.2, 0) is 6.42 Å². The quantitative estimate of drug-likeness (QED) is 0.713. The lowest BCUT2D eigenvalue weighted by atomic mass is 10.1. The van der Waals surface area contributed by atoms with Gasteiger partial charge in [-0.15, -0.1) is 5.10 Å². The zero-order valence-electron chi connectivity index (χ0n) is 10.8. The fourth-order valence-electron chi connectivity index (χ4n) is 2.09. The van der Waals surface area contributed by atoms with Crippen LogP contribution in [0.15, 0.2) is 60.8 Å². The molecule has 94 valence electrons. The van der Waals surface area contributed by atoms with Crippen LogP contribution in [0.4, 0.5) is 0 Å². The molecule has 0 atom stereocenters. The van der Waals surface area contributed by atoms with Crippen LogP contribution in [0, 0.1) is 6.92 Å². The van der Waals surface area contributed by atoms with Crippen LogP contribution in [0.25, 0.3) is 5.69 Å². The first-order chi connectivity index (χ1) is 9.33. The maximum Gasteiger partial charge on any atom is 0.0733 e. The lowest BCUT2D eigenvalue weighted by Crippen LogP contribution is -2.03. The first-order valence-corrected chi connectivity index (χ1v) is 6.33. The number of benzene rings is 2. The molecule has 0 aliphatic heterocycles. The summed E-state index contributed by atoms with van der Waals surface area (Å²) in [5, 5.41) is 8.21. The van der Waals surface area contributed by atoms with E-state index in [-0.39, 0.29) is 0 Å². The highest BCUT2D eigenvalue weighted by Crippen LogP contribution is 2.14. The number of rotatable bonds is 3. The third-order valence-corrected chi connectivity index (χ3v) is 3.13. The molecule has 0 saturated carbocycles. The van der Waals surface area contributed by atoms with E-state index in [1.54, 1.807) is 0 Å². The fourth-order valence-corrected chi connectivity index (χ4v) is 2.09. The van der Waals surface area contributed by atoms with E-state index in [0.717, 1.165) is 17.8 Å². The highest BCUT2D eigenvalue weighted by Gasteiger charge is 2.06. The zero-order chi connectivity index (χ0) is 13.1. The monoisotopic (exact) mass is 249 g/mol. The van der Waals surface area contributed by atoms with Gasteiger partial charge in [-0.3, -0.25) is 0 Å². The molecule has 0 aliphatic carbocycles. The summed E-state index contributed by atoms with van der Waals surface area (Å²) in [6, 6.07) is 18.7. The highest BCUT2D eigenvalue weighted by atomic mass is 15.4. The predicted octanol–water partition coefficient (Wildman–Crippen LogP) is 3.17. The molecule has 19 heavy (non-hydrogen) atoms. The van der Waals surface area contributed by atoms with Crippen molar-refractivity contribution in [2.24, 2.45) is 0 Å². The topological polar surface area (TPSA) is 30.7 Å². The van der Waals surface area contributed by atoms with Crippen molar-refractivity contribution in [1.29, 1.82) is 0 Å². The smallest absolute Gasteiger partial charge is 0.0733 e. The van der Waals surface area contributed by atoms with Crippen LogP contribution in [0.2, 0.25) is 0 Å². The molecular formula is C16H15N3. The third-order valence-electron chi connectivity index (χ3n) is 3.13. The van der Waals surface area contributed by atoms with Crippen molar-refractivity contribution < 1.29 is 0 Å². The molecule has 1 heterocycles. The normalized spacial score (nSPS) is 10.6. The van der Waals surface area contributed by atoms with Crippen molar-refractivity contribution >= 4 is 0 Å². The average Bonchev–Trinajstić information content (AvgIpc) is 2.89. The van der Waals surface area contributed by atoms with E-state index in [0.29, 0.717) is 0 Å². The van der Waals surface area contributed by atoms with Gasteiger partial charge in [0.2, 0.25) is 0 Å². The SMILES string of the molecule is Cc1ccc(-n2nncc2Cc2ccccc2)cc1. The summed E-state index contributed by atoms with van der Waals surface area (Å²) in [5.74, 6) is 0. The molecule has 0 radical (unpaired) electrons. The van der Waals surface area contributed by atoms with Crippen LogP contribution in [-0.4, -0.2) is 15.0 Å². The van der Waals surface area contributed by atoms with Crippen molar-refractivity contribution in [1.82, 2.24) is 15.0 Å². The number of hydrogen-bond acceptors (Lipinski definition) is 2. The number of aryl methyl sites for hydroxylation is 1.